The second kappa shape index (κ2) is 9.58. The second-order valence-electron chi connectivity index (χ2n) is 8.94. The summed E-state index contributed by atoms with van der Waals surface area (Å²) in [5.74, 6) is 0.153. The van der Waals surface area contributed by atoms with Crippen LogP contribution in [0.2, 0.25) is 0 Å². The maximum atomic E-state index is 13.7. The summed E-state index contributed by atoms with van der Waals surface area (Å²) < 4.78 is 7.06. The molecule has 2 aliphatic heterocycles. The first-order valence-electron chi connectivity index (χ1n) is 11.6. The molecule has 3 aromatic rings. The molecular weight excluding hydrogens is 444 g/mol. The van der Waals surface area contributed by atoms with Gasteiger partial charge in [-0.2, -0.15) is 0 Å². The molecule has 0 spiro atoms. The predicted octanol–water partition coefficient (Wildman–Crippen LogP) is 2.67. The van der Waals surface area contributed by atoms with Crippen LogP contribution in [0.25, 0.3) is 6.08 Å². The Hall–Kier alpha value is -4.20. The van der Waals surface area contributed by atoms with Crippen LogP contribution in [0.5, 0.6) is 5.75 Å². The first-order chi connectivity index (χ1) is 17.0. The molecule has 8 heteroatoms. The van der Waals surface area contributed by atoms with Crippen LogP contribution in [0, 0.1) is 5.92 Å². The van der Waals surface area contributed by atoms with Gasteiger partial charge in [-0.05, 0) is 54.3 Å². The lowest BCUT2D eigenvalue weighted by Gasteiger charge is -2.43. The van der Waals surface area contributed by atoms with Crippen molar-refractivity contribution >= 4 is 17.9 Å². The molecule has 2 unspecified atom stereocenters. The molecule has 2 aromatic heterocycles. The molecule has 1 saturated heterocycles. The number of fused-ring (bicyclic) bond motifs is 4. The van der Waals surface area contributed by atoms with Gasteiger partial charge in [0.25, 0.3) is 17.4 Å². The monoisotopic (exact) mass is 470 g/mol. The van der Waals surface area contributed by atoms with E-state index in [4.69, 9.17) is 4.74 Å². The Morgan fingerprint density at radius 3 is 2.74 bits per heavy atom. The van der Waals surface area contributed by atoms with Crippen molar-refractivity contribution in [2.45, 2.75) is 18.9 Å². The fourth-order valence-electron chi connectivity index (χ4n) is 4.97. The van der Waals surface area contributed by atoms with E-state index >= 15 is 0 Å². The van der Waals surface area contributed by atoms with Gasteiger partial charge >= 0.3 is 0 Å². The van der Waals surface area contributed by atoms with Gasteiger partial charge in [-0.25, -0.2) is 0 Å². The fourth-order valence-corrected chi connectivity index (χ4v) is 4.97. The number of nitrogens with one attached hydrogen (secondary N) is 1. The van der Waals surface area contributed by atoms with E-state index in [1.807, 2.05) is 16.7 Å². The van der Waals surface area contributed by atoms with Gasteiger partial charge in [0.1, 0.15) is 11.4 Å². The lowest BCUT2D eigenvalue weighted by atomic mass is 9.83. The van der Waals surface area contributed by atoms with E-state index in [-0.39, 0.29) is 29.0 Å². The molecule has 35 heavy (non-hydrogen) atoms. The summed E-state index contributed by atoms with van der Waals surface area (Å²) >= 11 is 0. The van der Waals surface area contributed by atoms with E-state index < -0.39 is 5.91 Å². The van der Waals surface area contributed by atoms with Gasteiger partial charge in [0, 0.05) is 55.3 Å². The first-order valence-corrected chi connectivity index (χ1v) is 11.6. The quantitative estimate of drug-likeness (QED) is 0.579. The second-order valence-corrected chi connectivity index (χ2v) is 8.94. The number of ether oxygens (including phenoxy) is 1. The van der Waals surface area contributed by atoms with Crippen LogP contribution in [0.3, 0.4) is 0 Å². The molecular formula is C27H26N4O4. The molecule has 1 aromatic carbocycles. The highest BCUT2D eigenvalue weighted by Crippen LogP contribution is 2.35. The first kappa shape index (κ1) is 22.6. The molecule has 2 amide bonds. The molecule has 1 fully saturated rings. The van der Waals surface area contributed by atoms with Crippen LogP contribution in [0.4, 0.5) is 0 Å². The van der Waals surface area contributed by atoms with Crippen LogP contribution in [-0.2, 0) is 11.3 Å². The number of methoxy groups -OCH3 is 1. The number of piperidine rings is 1. The minimum Gasteiger partial charge on any atom is -0.497 e. The highest BCUT2D eigenvalue weighted by Gasteiger charge is 2.37. The molecule has 2 bridgehead atoms. The van der Waals surface area contributed by atoms with E-state index in [9.17, 15) is 14.4 Å². The summed E-state index contributed by atoms with van der Waals surface area (Å²) in [6.07, 6.45) is 5.87. The van der Waals surface area contributed by atoms with Gasteiger partial charge in [-0.15, -0.1) is 0 Å². The molecule has 2 aliphatic rings. The van der Waals surface area contributed by atoms with Gasteiger partial charge in [0.2, 0.25) is 0 Å². The summed E-state index contributed by atoms with van der Waals surface area (Å²) in [4.78, 5) is 45.0. The Balaban J connectivity index is 1.43. The smallest absolute Gasteiger partial charge is 0.270 e. The zero-order chi connectivity index (χ0) is 24.4. The van der Waals surface area contributed by atoms with Gasteiger partial charge in [-0.1, -0.05) is 18.2 Å². The normalized spacial score (nSPS) is 19.0. The van der Waals surface area contributed by atoms with Gasteiger partial charge < -0.3 is 19.5 Å². The van der Waals surface area contributed by atoms with Crippen LogP contribution < -0.4 is 15.6 Å². The Kier molecular flexibility index (Phi) is 6.18. The largest absolute Gasteiger partial charge is 0.497 e. The number of hydrogen-bond donors (Lipinski definition) is 1. The summed E-state index contributed by atoms with van der Waals surface area (Å²) in [6, 6.07) is 15.7. The van der Waals surface area contributed by atoms with Crippen molar-refractivity contribution < 1.29 is 14.3 Å². The number of carbonyl (C=O) groups excluding carboxylic acids is 2. The van der Waals surface area contributed by atoms with Crippen molar-refractivity contribution in [2.24, 2.45) is 5.92 Å². The molecule has 5 rings (SSSR count). The molecule has 8 nitrogen and oxygen atoms in total. The number of amides is 2. The van der Waals surface area contributed by atoms with Crippen molar-refractivity contribution in [3.8, 4) is 5.75 Å². The van der Waals surface area contributed by atoms with Crippen molar-refractivity contribution in [2.75, 3.05) is 20.2 Å². The Morgan fingerprint density at radius 2 is 1.94 bits per heavy atom. The minimum atomic E-state index is -0.401. The maximum Gasteiger partial charge on any atom is 0.270 e. The van der Waals surface area contributed by atoms with E-state index in [2.05, 4.69) is 10.3 Å². The average Bonchev–Trinajstić information content (AvgIpc) is 2.89. The van der Waals surface area contributed by atoms with Crippen LogP contribution in [-0.4, -0.2) is 46.5 Å². The molecule has 4 heterocycles. The molecule has 0 saturated carbocycles. The third kappa shape index (κ3) is 4.73. The standard InChI is InChI=1S/C27H26N4O4/c1-35-22-7-2-6-20(13-22)26(33)29-23(12-18-5-4-10-28-14-18)27(34)30-15-19-11-21(17-30)24-8-3-9-25(32)31(24)16-19/h2-10,12-14,19,21H,11,15-17H2,1H3,(H,29,33). The van der Waals surface area contributed by atoms with Crippen molar-refractivity contribution in [3.63, 3.8) is 0 Å². The van der Waals surface area contributed by atoms with E-state index in [0.29, 0.717) is 36.5 Å². The number of hydrogen-bond acceptors (Lipinski definition) is 5. The maximum absolute atomic E-state index is 13.7. The van der Waals surface area contributed by atoms with E-state index in [1.165, 1.54) is 7.11 Å². The summed E-state index contributed by atoms with van der Waals surface area (Å²) in [7, 11) is 1.54. The average molecular weight is 471 g/mol. The number of likely N-dealkylation sites (tertiary alicyclic amines) is 1. The lowest BCUT2D eigenvalue weighted by Crippen LogP contribution is -2.50. The number of aromatic nitrogens is 2. The van der Waals surface area contributed by atoms with Crippen LogP contribution in [0.15, 0.2) is 77.5 Å². The number of pyridine rings is 2. The van der Waals surface area contributed by atoms with Crippen molar-refractivity contribution in [3.05, 3.63) is 99.9 Å². The zero-order valence-corrected chi connectivity index (χ0v) is 19.4. The van der Waals surface area contributed by atoms with E-state index in [0.717, 1.165) is 12.1 Å². The lowest BCUT2D eigenvalue weighted by molar-refractivity contribution is -0.130. The number of nitrogens with zero attached hydrogens (tertiary/aromatic N) is 3. The van der Waals surface area contributed by atoms with Crippen molar-refractivity contribution in [1.29, 1.82) is 0 Å². The third-order valence-electron chi connectivity index (χ3n) is 6.57. The topological polar surface area (TPSA) is 93.5 Å². The Labute approximate surface area is 202 Å². The van der Waals surface area contributed by atoms with Gasteiger partial charge in [-0.3, -0.25) is 19.4 Å². The fraction of sp³-hybridized carbons (Fsp3) is 0.259. The summed E-state index contributed by atoms with van der Waals surface area (Å²) in [6.45, 7) is 1.60. The van der Waals surface area contributed by atoms with Gasteiger partial charge in [0.05, 0.1) is 7.11 Å². The molecule has 0 radical (unpaired) electrons. The van der Waals surface area contributed by atoms with Crippen molar-refractivity contribution in [1.82, 2.24) is 19.8 Å². The highest BCUT2D eigenvalue weighted by atomic mass is 16.5. The molecule has 1 N–H and O–H groups in total. The molecule has 0 aliphatic carbocycles. The number of benzene rings is 1. The summed E-state index contributed by atoms with van der Waals surface area (Å²) in [5, 5.41) is 2.82. The number of rotatable bonds is 5. The third-order valence-corrected chi connectivity index (χ3v) is 6.57. The Morgan fingerprint density at radius 1 is 1.09 bits per heavy atom. The van der Waals surface area contributed by atoms with Crippen LogP contribution >= 0.6 is 0 Å². The van der Waals surface area contributed by atoms with Crippen LogP contribution in [0.1, 0.15) is 34.0 Å². The minimum absolute atomic E-state index is 0.000286. The molecule has 2 atom stereocenters. The van der Waals surface area contributed by atoms with Gasteiger partial charge in [0.15, 0.2) is 0 Å². The SMILES string of the molecule is COc1cccc(C(=O)NC(=Cc2cccnc2)C(=O)N2CC3CC(C2)c2cccc(=O)n2C3)c1. The zero-order valence-electron chi connectivity index (χ0n) is 19.4. The van der Waals surface area contributed by atoms with E-state index in [1.54, 1.807) is 65.8 Å². The predicted molar refractivity (Wildman–Crippen MR) is 131 cm³/mol. The molecule has 178 valence electrons. The number of carbonyl (C=O) groups is 2. The highest BCUT2D eigenvalue weighted by molar-refractivity contribution is 6.05. The Bertz CT molecular complexity index is 1350. The summed E-state index contributed by atoms with van der Waals surface area (Å²) in [5.41, 5.74) is 2.23.